The van der Waals surface area contributed by atoms with Crippen LogP contribution in [0.25, 0.3) is 0 Å². The first-order valence-electron chi connectivity index (χ1n) is 6.67. The molecule has 1 aliphatic rings. The zero-order valence-electron chi connectivity index (χ0n) is 11.1. The molecular weight excluding hydrogens is 210 g/mol. The summed E-state index contributed by atoms with van der Waals surface area (Å²) in [7, 11) is 0. The Morgan fingerprint density at radius 2 is 1.94 bits per heavy atom. The third-order valence-corrected chi connectivity index (χ3v) is 3.91. The number of hydrogen-bond donors (Lipinski definition) is 1. The number of rotatable bonds is 2. The Hall–Kier alpha value is -0.960. The van der Waals surface area contributed by atoms with Gasteiger partial charge in [-0.2, -0.15) is 0 Å². The molecule has 0 radical (unpaired) electrons. The lowest BCUT2D eigenvalue weighted by Crippen LogP contribution is -2.16. The van der Waals surface area contributed by atoms with Crippen LogP contribution in [-0.4, -0.2) is 9.97 Å². The smallest absolute Gasteiger partial charge is 0.131 e. The average molecular weight is 233 g/mol. The van der Waals surface area contributed by atoms with Crippen LogP contribution < -0.4 is 5.73 Å². The molecule has 0 saturated heterocycles. The molecule has 1 aromatic rings. The summed E-state index contributed by atoms with van der Waals surface area (Å²) in [5, 5.41) is 0. The van der Waals surface area contributed by atoms with E-state index in [9.17, 15) is 0 Å². The van der Waals surface area contributed by atoms with Crippen molar-refractivity contribution in [3.63, 3.8) is 0 Å². The predicted octanol–water partition coefficient (Wildman–Crippen LogP) is 3.10. The summed E-state index contributed by atoms with van der Waals surface area (Å²) < 4.78 is 0. The fourth-order valence-electron chi connectivity index (χ4n) is 2.66. The Morgan fingerprint density at radius 1 is 1.29 bits per heavy atom. The summed E-state index contributed by atoms with van der Waals surface area (Å²) >= 11 is 0. The molecule has 1 aliphatic carbocycles. The van der Waals surface area contributed by atoms with E-state index >= 15 is 0 Å². The van der Waals surface area contributed by atoms with Crippen LogP contribution in [0.15, 0.2) is 6.20 Å². The van der Waals surface area contributed by atoms with Crippen LogP contribution in [0, 0.1) is 12.8 Å². The van der Waals surface area contributed by atoms with Gasteiger partial charge in [0.1, 0.15) is 5.82 Å². The molecule has 2 rings (SSSR count). The highest BCUT2D eigenvalue weighted by Crippen LogP contribution is 2.34. The molecule has 94 valence electrons. The number of aryl methyl sites for hydroxylation is 1. The van der Waals surface area contributed by atoms with Gasteiger partial charge in [0, 0.05) is 29.4 Å². The molecule has 3 heteroatoms. The van der Waals surface area contributed by atoms with E-state index in [4.69, 9.17) is 5.73 Å². The van der Waals surface area contributed by atoms with E-state index in [1.807, 2.05) is 20.0 Å². The molecule has 0 bridgehead atoms. The van der Waals surface area contributed by atoms with Crippen molar-refractivity contribution < 1.29 is 0 Å². The van der Waals surface area contributed by atoms with Gasteiger partial charge in [-0.1, -0.05) is 19.8 Å². The fourth-order valence-corrected chi connectivity index (χ4v) is 2.66. The van der Waals surface area contributed by atoms with Crippen molar-refractivity contribution in [3.8, 4) is 0 Å². The number of aromatic nitrogens is 2. The second kappa shape index (κ2) is 5.13. The van der Waals surface area contributed by atoms with Gasteiger partial charge in [-0.15, -0.1) is 0 Å². The second-order valence-corrected chi connectivity index (χ2v) is 5.51. The summed E-state index contributed by atoms with van der Waals surface area (Å²) in [6.45, 7) is 6.35. The second-order valence-electron chi connectivity index (χ2n) is 5.51. The first-order chi connectivity index (χ1) is 8.08. The lowest BCUT2D eigenvalue weighted by Gasteiger charge is -2.25. The van der Waals surface area contributed by atoms with E-state index in [1.165, 1.54) is 25.7 Å². The quantitative estimate of drug-likeness (QED) is 0.854. The molecule has 1 aromatic heterocycles. The van der Waals surface area contributed by atoms with Gasteiger partial charge in [0.05, 0.1) is 0 Å². The molecule has 17 heavy (non-hydrogen) atoms. The number of nitrogens with two attached hydrogens (primary N) is 1. The van der Waals surface area contributed by atoms with Gasteiger partial charge in [-0.3, -0.25) is 0 Å². The van der Waals surface area contributed by atoms with Crippen LogP contribution in [-0.2, 0) is 0 Å². The molecule has 0 aromatic carbocycles. The van der Waals surface area contributed by atoms with Crippen molar-refractivity contribution in [2.24, 2.45) is 11.7 Å². The fraction of sp³-hybridized carbons (Fsp3) is 0.714. The first-order valence-corrected chi connectivity index (χ1v) is 6.67. The molecule has 0 spiro atoms. The third kappa shape index (κ3) is 2.83. The monoisotopic (exact) mass is 233 g/mol. The summed E-state index contributed by atoms with van der Waals surface area (Å²) in [5.41, 5.74) is 7.99. The summed E-state index contributed by atoms with van der Waals surface area (Å²) in [4.78, 5) is 9.17. The van der Waals surface area contributed by atoms with Crippen LogP contribution in [0.1, 0.15) is 68.6 Å². The minimum absolute atomic E-state index is 0.0235. The zero-order valence-corrected chi connectivity index (χ0v) is 11.1. The third-order valence-electron chi connectivity index (χ3n) is 3.91. The zero-order chi connectivity index (χ0) is 12.4. The molecule has 3 nitrogen and oxygen atoms in total. The molecule has 0 aliphatic heterocycles. The molecule has 1 atom stereocenters. The normalized spacial score (nSPS) is 26.8. The SMILES string of the molecule is Cc1nc(C2CCC(C)CC2)ncc1[C@@H](C)N. The van der Waals surface area contributed by atoms with E-state index in [0.717, 1.165) is 23.0 Å². The van der Waals surface area contributed by atoms with Crippen molar-refractivity contribution in [1.82, 2.24) is 9.97 Å². The van der Waals surface area contributed by atoms with E-state index in [0.29, 0.717) is 5.92 Å². The summed E-state index contributed by atoms with van der Waals surface area (Å²) in [6.07, 6.45) is 7.00. The minimum atomic E-state index is 0.0235. The van der Waals surface area contributed by atoms with Crippen molar-refractivity contribution >= 4 is 0 Å². The van der Waals surface area contributed by atoms with E-state index in [-0.39, 0.29) is 6.04 Å². The van der Waals surface area contributed by atoms with Crippen LogP contribution in [0.2, 0.25) is 0 Å². The lowest BCUT2D eigenvalue weighted by molar-refractivity contribution is 0.339. The maximum atomic E-state index is 5.88. The molecular formula is C14H23N3. The molecule has 1 heterocycles. The summed E-state index contributed by atoms with van der Waals surface area (Å²) in [5.74, 6) is 2.46. The van der Waals surface area contributed by atoms with Crippen LogP contribution in [0.5, 0.6) is 0 Å². The Labute approximate surface area is 104 Å². The van der Waals surface area contributed by atoms with Crippen molar-refractivity contribution in [2.45, 2.75) is 58.4 Å². The average Bonchev–Trinajstić information content (AvgIpc) is 2.29. The van der Waals surface area contributed by atoms with Crippen molar-refractivity contribution in [3.05, 3.63) is 23.3 Å². The van der Waals surface area contributed by atoms with Gasteiger partial charge in [0.15, 0.2) is 0 Å². The molecule has 1 saturated carbocycles. The molecule has 0 unspecified atom stereocenters. The van der Waals surface area contributed by atoms with Gasteiger partial charge < -0.3 is 5.73 Å². The van der Waals surface area contributed by atoms with Crippen LogP contribution in [0.4, 0.5) is 0 Å². The van der Waals surface area contributed by atoms with Gasteiger partial charge in [0.2, 0.25) is 0 Å². The van der Waals surface area contributed by atoms with Gasteiger partial charge >= 0.3 is 0 Å². The van der Waals surface area contributed by atoms with E-state index in [1.54, 1.807) is 0 Å². The Bertz CT molecular complexity index is 379. The highest BCUT2D eigenvalue weighted by atomic mass is 14.9. The van der Waals surface area contributed by atoms with Crippen LogP contribution >= 0.6 is 0 Å². The van der Waals surface area contributed by atoms with Gasteiger partial charge in [-0.25, -0.2) is 9.97 Å². The molecule has 2 N–H and O–H groups in total. The molecule has 1 fully saturated rings. The highest BCUT2D eigenvalue weighted by Gasteiger charge is 2.22. The Kier molecular flexibility index (Phi) is 3.77. The standard InChI is InChI=1S/C14H23N3/c1-9-4-6-12(7-5-9)14-16-8-13(10(2)15)11(3)17-14/h8-10,12H,4-7,15H2,1-3H3/t9?,10-,12?/m1/s1. The first kappa shape index (κ1) is 12.5. The van der Waals surface area contributed by atoms with Gasteiger partial charge in [-0.05, 0) is 32.6 Å². The topological polar surface area (TPSA) is 51.8 Å². The minimum Gasteiger partial charge on any atom is -0.324 e. The maximum absolute atomic E-state index is 5.88. The van der Waals surface area contributed by atoms with E-state index in [2.05, 4.69) is 16.9 Å². The van der Waals surface area contributed by atoms with Crippen molar-refractivity contribution in [1.29, 1.82) is 0 Å². The Morgan fingerprint density at radius 3 is 2.47 bits per heavy atom. The lowest BCUT2D eigenvalue weighted by atomic mass is 9.82. The molecule has 0 amide bonds. The van der Waals surface area contributed by atoms with Crippen LogP contribution in [0.3, 0.4) is 0 Å². The maximum Gasteiger partial charge on any atom is 0.131 e. The van der Waals surface area contributed by atoms with E-state index < -0.39 is 0 Å². The van der Waals surface area contributed by atoms with Gasteiger partial charge in [0.25, 0.3) is 0 Å². The summed E-state index contributed by atoms with van der Waals surface area (Å²) in [6, 6.07) is 0.0235. The van der Waals surface area contributed by atoms with Crippen molar-refractivity contribution in [2.75, 3.05) is 0 Å². The number of hydrogen-bond acceptors (Lipinski definition) is 3. The predicted molar refractivity (Wildman–Crippen MR) is 69.7 cm³/mol. The largest absolute Gasteiger partial charge is 0.324 e. The highest BCUT2D eigenvalue weighted by molar-refractivity contribution is 5.20. The number of nitrogens with zero attached hydrogens (tertiary/aromatic N) is 2. The Balaban J connectivity index is 2.14.